The number of hydrogen-bond donors (Lipinski definition) is 1. The first-order valence-electron chi connectivity index (χ1n) is 13.6. The highest BCUT2D eigenvalue weighted by Crippen LogP contribution is 2.40. The van der Waals surface area contributed by atoms with Crippen LogP contribution in [0.1, 0.15) is 57.5 Å². The maximum Gasteiger partial charge on any atom is 0.416 e. The van der Waals surface area contributed by atoms with Crippen molar-refractivity contribution in [2.75, 3.05) is 6.61 Å². The molecule has 0 fully saturated rings. The maximum atomic E-state index is 14.0. The molecule has 4 rings (SSSR count). The van der Waals surface area contributed by atoms with Crippen molar-refractivity contribution in [1.82, 2.24) is 10.2 Å². The Morgan fingerprint density at radius 2 is 1.84 bits per heavy atom. The number of nitrogens with one attached hydrogen (secondary N) is 1. The molecule has 43 heavy (non-hydrogen) atoms. The van der Waals surface area contributed by atoms with Gasteiger partial charge in [0.25, 0.3) is 5.91 Å². The predicted molar refractivity (Wildman–Crippen MR) is 160 cm³/mol. The van der Waals surface area contributed by atoms with E-state index in [2.05, 4.69) is 5.32 Å². The molecule has 2 aromatic carbocycles. The summed E-state index contributed by atoms with van der Waals surface area (Å²) in [6, 6.07) is 14.0. The number of allylic oxidation sites excluding steroid dienone is 1. The number of carbonyl (C=O) groups excluding carboxylic acids is 2. The number of amides is 1. The molecule has 1 amide bonds. The molecule has 1 aliphatic heterocycles. The van der Waals surface area contributed by atoms with Crippen LogP contribution in [0.5, 0.6) is 5.75 Å². The Morgan fingerprint density at radius 1 is 1.12 bits per heavy atom. The number of esters is 1. The first kappa shape index (κ1) is 31.6. The summed E-state index contributed by atoms with van der Waals surface area (Å²) in [6.45, 7) is 8.77. The van der Waals surface area contributed by atoms with E-state index >= 15 is 0 Å². The smallest absolute Gasteiger partial charge is 0.416 e. The van der Waals surface area contributed by atoms with Gasteiger partial charge in [-0.2, -0.15) is 13.2 Å². The number of halogens is 3. The number of benzene rings is 2. The minimum Gasteiger partial charge on any atom is -0.491 e. The van der Waals surface area contributed by atoms with E-state index in [1.165, 1.54) is 29.2 Å². The molecule has 0 spiro atoms. The van der Waals surface area contributed by atoms with Crippen LogP contribution in [0.4, 0.5) is 13.2 Å². The Kier molecular flexibility index (Phi) is 9.44. The van der Waals surface area contributed by atoms with E-state index in [1.807, 2.05) is 13.8 Å². The average molecular weight is 613 g/mol. The Morgan fingerprint density at radius 3 is 2.51 bits per heavy atom. The van der Waals surface area contributed by atoms with Gasteiger partial charge in [-0.15, -0.1) is 0 Å². The average Bonchev–Trinajstić information content (AvgIpc) is 3.40. The zero-order chi connectivity index (χ0) is 31.5. The van der Waals surface area contributed by atoms with Gasteiger partial charge in [0.15, 0.2) is 5.11 Å². The number of carbonyl (C=O) groups is 2. The minimum atomic E-state index is -4.50. The number of furan rings is 1. The minimum absolute atomic E-state index is 0.0664. The molecule has 7 nitrogen and oxygen atoms in total. The fourth-order valence-corrected chi connectivity index (χ4v) is 5.03. The molecule has 0 bridgehead atoms. The number of nitrogens with zero attached hydrogens (tertiary/aromatic N) is 1. The lowest BCUT2D eigenvalue weighted by Crippen LogP contribution is -2.51. The van der Waals surface area contributed by atoms with Gasteiger partial charge < -0.3 is 19.2 Å². The van der Waals surface area contributed by atoms with Gasteiger partial charge in [0.05, 0.1) is 23.8 Å². The quantitative estimate of drug-likeness (QED) is 0.161. The van der Waals surface area contributed by atoms with Gasteiger partial charge in [-0.1, -0.05) is 30.3 Å². The summed E-state index contributed by atoms with van der Waals surface area (Å²) in [5.74, 6) is -0.234. The fraction of sp³-hybridized carbons (Fsp3) is 0.281. The highest BCUT2D eigenvalue weighted by molar-refractivity contribution is 7.80. The molecule has 0 radical (unpaired) electrons. The lowest BCUT2D eigenvalue weighted by Gasteiger charge is -2.39. The molecule has 0 aliphatic carbocycles. The predicted octanol–water partition coefficient (Wildman–Crippen LogP) is 7.45. The van der Waals surface area contributed by atoms with Crippen molar-refractivity contribution in [3.8, 4) is 17.1 Å². The second kappa shape index (κ2) is 12.9. The molecule has 1 unspecified atom stereocenters. The van der Waals surface area contributed by atoms with Gasteiger partial charge in [-0.3, -0.25) is 9.69 Å². The summed E-state index contributed by atoms with van der Waals surface area (Å²) < 4.78 is 56.8. The third kappa shape index (κ3) is 6.99. The van der Waals surface area contributed by atoms with Crippen LogP contribution in [0, 0.1) is 0 Å². The molecule has 1 atom stereocenters. The van der Waals surface area contributed by atoms with Gasteiger partial charge in [-0.05, 0) is 83.2 Å². The van der Waals surface area contributed by atoms with Crippen LogP contribution in [-0.4, -0.2) is 34.6 Å². The first-order valence-corrected chi connectivity index (χ1v) is 14.0. The van der Waals surface area contributed by atoms with Crippen molar-refractivity contribution in [1.29, 1.82) is 0 Å². The second-order valence-corrected chi connectivity index (χ2v) is 10.5. The van der Waals surface area contributed by atoms with Crippen molar-refractivity contribution in [3.05, 3.63) is 94.4 Å². The van der Waals surface area contributed by atoms with Crippen molar-refractivity contribution in [2.45, 2.75) is 52.9 Å². The molecular formula is C32H31F3N2O5S. The third-order valence-corrected chi connectivity index (χ3v) is 6.84. The van der Waals surface area contributed by atoms with E-state index in [9.17, 15) is 22.8 Å². The van der Waals surface area contributed by atoms with Gasteiger partial charge in [0, 0.05) is 22.4 Å². The number of rotatable bonds is 8. The Bertz CT molecular complexity index is 1610. The summed E-state index contributed by atoms with van der Waals surface area (Å²) in [5.41, 5.74) is 0.805. The van der Waals surface area contributed by atoms with Gasteiger partial charge in [0.2, 0.25) is 0 Å². The number of ether oxygens (including phenoxy) is 2. The van der Waals surface area contributed by atoms with Crippen LogP contribution in [0.25, 0.3) is 17.4 Å². The zero-order valence-electron chi connectivity index (χ0n) is 24.2. The van der Waals surface area contributed by atoms with Crippen LogP contribution in [0.2, 0.25) is 0 Å². The SMILES string of the molecule is CCOC(=O)C1=C(C)NC(=S)N(C(=O)/C(C)=C/c2ccc(-c3cccc(C(F)(F)F)c3)o2)C1c1ccccc1OC(C)C. The Labute approximate surface area is 253 Å². The number of thiocarbonyl (C=S) groups is 1. The largest absolute Gasteiger partial charge is 0.491 e. The van der Waals surface area contributed by atoms with E-state index in [4.69, 9.17) is 26.1 Å². The lowest BCUT2D eigenvalue weighted by molar-refractivity contribution is -0.140. The van der Waals surface area contributed by atoms with Crippen LogP contribution < -0.4 is 10.1 Å². The molecule has 1 N–H and O–H groups in total. The summed E-state index contributed by atoms with van der Waals surface area (Å²) in [4.78, 5) is 28.6. The van der Waals surface area contributed by atoms with Crippen molar-refractivity contribution in [3.63, 3.8) is 0 Å². The van der Waals surface area contributed by atoms with E-state index in [1.54, 1.807) is 51.1 Å². The van der Waals surface area contributed by atoms with E-state index in [0.29, 0.717) is 17.0 Å². The molecule has 11 heteroatoms. The monoisotopic (exact) mass is 612 g/mol. The fourth-order valence-electron chi connectivity index (χ4n) is 4.68. The summed E-state index contributed by atoms with van der Waals surface area (Å²) in [5, 5.41) is 3.02. The number of para-hydroxylation sites is 1. The Hall–Kier alpha value is -4.38. The standard InChI is InChI=1S/C32H31F3N2O5S/c1-6-40-30(39)27-20(5)36-31(43)37(28(27)24-12-7-8-13-26(24)41-18(2)3)29(38)19(4)16-23-14-15-25(42-23)21-10-9-11-22(17-21)32(33,34)35/h7-18,28H,6H2,1-5H3,(H,36,43)/b19-16+. The molecule has 2 heterocycles. The highest BCUT2D eigenvalue weighted by Gasteiger charge is 2.42. The summed E-state index contributed by atoms with van der Waals surface area (Å²) in [7, 11) is 0. The molecule has 0 saturated carbocycles. The van der Waals surface area contributed by atoms with Gasteiger partial charge in [-0.25, -0.2) is 4.79 Å². The molecule has 0 saturated heterocycles. The number of hydrogen-bond acceptors (Lipinski definition) is 6. The highest BCUT2D eigenvalue weighted by atomic mass is 32.1. The maximum absolute atomic E-state index is 14.0. The van der Waals surface area contributed by atoms with Crippen molar-refractivity contribution < 1.29 is 36.7 Å². The molecule has 1 aliphatic rings. The lowest BCUT2D eigenvalue weighted by atomic mass is 9.92. The molecule has 226 valence electrons. The molecule has 3 aromatic rings. The van der Waals surface area contributed by atoms with E-state index in [0.717, 1.165) is 12.1 Å². The molecular weight excluding hydrogens is 581 g/mol. The zero-order valence-corrected chi connectivity index (χ0v) is 25.1. The second-order valence-electron chi connectivity index (χ2n) is 10.1. The van der Waals surface area contributed by atoms with Gasteiger partial charge in [0.1, 0.15) is 23.3 Å². The van der Waals surface area contributed by atoms with E-state index in [-0.39, 0.29) is 46.1 Å². The normalized spacial score (nSPS) is 15.9. The third-order valence-electron chi connectivity index (χ3n) is 6.54. The summed E-state index contributed by atoms with van der Waals surface area (Å²) in [6.07, 6.45) is -3.23. The Balaban J connectivity index is 1.75. The first-order chi connectivity index (χ1) is 20.3. The molecule has 1 aromatic heterocycles. The van der Waals surface area contributed by atoms with Crippen molar-refractivity contribution >= 4 is 35.3 Å². The van der Waals surface area contributed by atoms with Gasteiger partial charge >= 0.3 is 12.1 Å². The van der Waals surface area contributed by atoms with E-state index < -0.39 is 29.7 Å². The summed E-state index contributed by atoms with van der Waals surface area (Å²) >= 11 is 5.61. The topological polar surface area (TPSA) is 81.0 Å². The van der Waals surface area contributed by atoms with Crippen LogP contribution in [0.15, 0.2) is 81.9 Å². The van der Waals surface area contributed by atoms with Crippen LogP contribution >= 0.6 is 12.2 Å². The van der Waals surface area contributed by atoms with Crippen molar-refractivity contribution in [2.24, 2.45) is 0 Å². The van der Waals surface area contributed by atoms with Crippen LogP contribution in [0.3, 0.4) is 0 Å². The van der Waals surface area contributed by atoms with Crippen LogP contribution in [-0.2, 0) is 20.5 Å². The number of alkyl halides is 3.